The Balaban J connectivity index is 2.84. The number of hydrogen-bond donors (Lipinski definition) is 1. The Morgan fingerprint density at radius 3 is 2.21 bits per heavy atom. The molecule has 0 aromatic carbocycles. The zero-order valence-electron chi connectivity index (χ0n) is 9.92. The van der Waals surface area contributed by atoms with Gasteiger partial charge in [0, 0.05) is 23.5 Å². The summed E-state index contributed by atoms with van der Waals surface area (Å²) in [5, 5.41) is 0. The van der Waals surface area contributed by atoms with E-state index in [1.165, 1.54) is 0 Å². The van der Waals surface area contributed by atoms with Crippen LogP contribution in [0.1, 0.15) is 41.0 Å². The second-order valence-corrected chi connectivity index (χ2v) is 5.94. The van der Waals surface area contributed by atoms with Crippen LogP contribution in [-0.2, 0) is 4.79 Å². The summed E-state index contributed by atoms with van der Waals surface area (Å²) in [5.41, 5.74) is 5.50. The number of amides is 1. The molecule has 1 atom stereocenters. The molecule has 1 heterocycles. The van der Waals surface area contributed by atoms with Gasteiger partial charge in [-0.05, 0) is 20.3 Å². The van der Waals surface area contributed by atoms with Gasteiger partial charge in [-0.1, -0.05) is 20.8 Å². The topological polar surface area (TPSA) is 46.3 Å². The van der Waals surface area contributed by atoms with Crippen LogP contribution in [0.25, 0.3) is 0 Å². The van der Waals surface area contributed by atoms with Crippen LogP contribution in [0.3, 0.4) is 0 Å². The Labute approximate surface area is 86.6 Å². The van der Waals surface area contributed by atoms with Gasteiger partial charge in [0.1, 0.15) is 0 Å². The van der Waals surface area contributed by atoms with Crippen molar-refractivity contribution in [3.63, 3.8) is 0 Å². The molecule has 1 unspecified atom stereocenters. The lowest BCUT2D eigenvalue weighted by atomic mass is 9.92. The monoisotopic (exact) mass is 198 g/mol. The van der Waals surface area contributed by atoms with E-state index in [9.17, 15) is 4.79 Å². The molecule has 82 valence electrons. The molecule has 0 aliphatic carbocycles. The number of nitrogens with two attached hydrogens (primary N) is 1. The number of hydrogen-bond acceptors (Lipinski definition) is 2. The van der Waals surface area contributed by atoms with E-state index in [2.05, 4.69) is 13.8 Å². The van der Waals surface area contributed by atoms with Gasteiger partial charge in [0.05, 0.1) is 0 Å². The van der Waals surface area contributed by atoms with Crippen LogP contribution >= 0.6 is 0 Å². The molecule has 1 aliphatic heterocycles. The van der Waals surface area contributed by atoms with Crippen molar-refractivity contribution in [1.29, 1.82) is 0 Å². The first-order valence-corrected chi connectivity index (χ1v) is 5.22. The number of carbonyl (C=O) groups is 1. The molecular weight excluding hydrogens is 176 g/mol. The zero-order valence-corrected chi connectivity index (χ0v) is 9.92. The molecule has 0 radical (unpaired) electrons. The molecule has 0 spiro atoms. The SMILES string of the molecule is CC(C)(C)C(=O)N1CC(N)CC1(C)C. The van der Waals surface area contributed by atoms with E-state index in [0.29, 0.717) is 6.54 Å². The largest absolute Gasteiger partial charge is 0.336 e. The molecule has 3 heteroatoms. The van der Waals surface area contributed by atoms with Crippen LogP contribution < -0.4 is 5.73 Å². The highest BCUT2D eigenvalue weighted by molar-refractivity contribution is 5.82. The second kappa shape index (κ2) is 3.23. The lowest BCUT2D eigenvalue weighted by Crippen LogP contribution is -2.47. The summed E-state index contributed by atoms with van der Waals surface area (Å²) in [5.74, 6) is 0.204. The molecule has 1 aliphatic rings. The minimum atomic E-state index is -0.304. The molecule has 0 bridgehead atoms. The van der Waals surface area contributed by atoms with Crippen LogP contribution in [0, 0.1) is 5.41 Å². The third-order valence-electron chi connectivity index (χ3n) is 2.80. The quantitative estimate of drug-likeness (QED) is 0.639. The van der Waals surface area contributed by atoms with E-state index in [1.54, 1.807) is 0 Å². The predicted molar refractivity (Wildman–Crippen MR) is 57.8 cm³/mol. The second-order valence-electron chi connectivity index (χ2n) is 5.94. The summed E-state index contributed by atoms with van der Waals surface area (Å²) in [6, 6.07) is 0.135. The van der Waals surface area contributed by atoms with Crippen LogP contribution in [0.15, 0.2) is 0 Å². The Morgan fingerprint density at radius 1 is 1.43 bits per heavy atom. The molecular formula is C11H22N2O. The maximum atomic E-state index is 12.1. The van der Waals surface area contributed by atoms with Crippen molar-refractivity contribution in [3.05, 3.63) is 0 Å². The van der Waals surface area contributed by atoms with E-state index >= 15 is 0 Å². The van der Waals surface area contributed by atoms with Crippen LogP contribution in [0.4, 0.5) is 0 Å². The summed E-state index contributed by atoms with van der Waals surface area (Å²) in [7, 11) is 0. The summed E-state index contributed by atoms with van der Waals surface area (Å²) in [4.78, 5) is 14.0. The van der Waals surface area contributed by atoms with Gasteiger partial charge in [0.2, 0.25) is 5.91 Å². The highest BCUT2D eigenvalue weighted by atomic mass is 16.2. The number of carbonyl (C=O) groups excluding carboxylic acids is 1. The number of rotatable bonds is 0. The van der Waals surface area contributed by atoms with E-state index < -0.39 is 0 Å². The fraction of sp³-hybridized carbons (Fsp3) is 0.909. The lowest BCUT2D eigenvalue weighted by molar-refractivity contribution is -0.142. The average molecular weight is 198 g/mol. The molecule has 0 aromatic heterocycles. The van der Waals surface area contributed by atoms with Gasteiger partial charge in [-0.2, -0.15) is 0 Å². The van der Waals surface area contributed by atoms with Gasteiger partial charge >= 0.3 is 0 Å². The van der Waals surface area contributed by atoms with Gasteiger partial charge < -0.3 is 10.6 Å². The maximum Gasteiger partial charge on any atom is 0.228 e. The molecule has 2 N–H and O–H groups in total. The van der Waals surface area contributed by atoms with Crippen molar-refractivity contribution in [2.24, 2.45) is 11.1 Å². The van der Waals surface area contributed by atoms with Gasteiger partial charge in [-0.15, -0.1) is 0 Å². The number of likely N-dealkylation sites (tertiary alicyclic amines) is 1. The van der Waals surface area contributed by atoms with Gasteiger partial charge in [0.15, 0.2) is 0 Å². The van der Waals surface area contributed by atoms with E-state index in [4.69, 9.17) is 5.73 Å². The fourth-order valence-corrected chi connectivity index (χ4v) is 2.06. The molecule has 0 aromatic rings. The van der Waals surface area contributed by atoms with Crippen molar-refractivity contribution in [1.82, 2.24) is 4.90 Å². The van der Waals surface area contributed by atoms with E-state index in [-0.39, 0.29) is 22.9 Å². The van der Waals surface area contributed by atoms with Crippen molar-refractivity contribution >= 4 is 5.91 Å². The molecule has 1 amide bonds. The standard InChI is InChI=1S/C11H22N2O/c1-10(2,3)9(14)13-7-8(12)6-11(13,4)5/h8H,6-7,12H2,1-5H3. The number of nitrogens with zero attached hydrogens (tertiary/aromatic N) is 1. The Bertz CT molecular complexity index is 240. The van der Waals surface area contributed by atoms with Crippen molar-refractivity contribution in [2.75, 3.05) is 6.54 Å². The molecule has 1 fully saturated rings. The van der Waals surface area contributed by atoms with E-state index in [1.807, 2.05) is 25.7 Å². The molecule has 14 heavy (non-hydrogen) atoms. The summed E-state index contributed by atoms with van der Waals surface area (Å²) in [6.07, 6.45) is 0.898. The molecule has 3 nitrogen and oxygen atoms in total. The van der Waals surface area contributed by atoms with Crippen molar-refractivity contribution < 1.29 is 4.79 Å². The normalized spacial score (nSPS) is 26.7. The van der Waals surface area contributed by atoms with Crippen LogP contribution in [0.2, 0.25) is 0 Å². The van der Waals surface area contributed by atoms with Crippen molar-refractivity contribution in [3.8, 4) is 0 Å². The molecule has 1 saturated heterocycles. The summed E-state index contributed by atoms with van der Waals surface area (Å²) >= 11 is 0. The van der Waals surface area contributed by atoms with E-state index in [0.717, 1.165) is 6.42 Å². The van der Waals surface area contributed by atoms with Crippen LogP contribution in [-0.4, -0.2) is 28.9 Å². The lowest BCUT2D eigenvalue weighted by Gasteiger charge is -2.36. The Morgan fingerprint density at radius 2 is 1.93 bits per heavy atom. The minimum Gasteiger partial charge on any atom is -0.336 e. The first-order chi connectivity index (χ1) is 6.14. The molecule has 1 rings (SSSR count). The third-order valence-corrected chi connectivity index (χ3v) is 2.80. The highest BCUT2D eigenvalue weighted by Crippen LogP contribution is 2.31. The Hall–Kier alpha value is -0.570. The summed E-state index contributed by atoms with van der Waals surface area (Å²) < 4.78 is 0. The van der Waals surface area contributed by atoms with Crippen molar-refractivity contribution in [2.45, 2.75) is 52.6 Å². The Kier molecular flexibility index (Phi) is 2.65. The average Bonchev–Trinajstić information content (AvgIpc) is 2.20. The first kappa shape index (κ1) is 11.5. The van der Waals surface area contributed by atoms with Gasteiger partial charge in [0.25, 0.3) is 0 Å². The predicted octanol–water partition coefficient (Wildman–Crippen LogP) is 1.37. The first-order valence-electron chi connectivity index (χ1n) is 5.22. The summed E-state index contributed by atoms with van der Waals surface area (Å²) in [6.45, 7) is 10.7. The molecule has 0 saturated carbocycles. The third kappa shape index (κ3) is 2.08. The highest BCUT2D eigenvalue weighted by Gasteiger charge is 2.42. The fourth-order valence-electron chi connectivity index (χ4n) is 2.06. The zero-order chi connectivity index (χ0) is 11.1. The van der Waals surface area contributed by atoms with Crippen LogP contribution in [0.5, 0.6) is 0 Å². The minimum absolute atomic E-state index is 0.0796. The maximum absolute atomic E-state index is 12.1. The van der Waals surface area contributed by atoms with Gasteiger partial charge in [-0.25, -0.2) is 0 Å². The van der Waals surface area contributed by atoms with Gasteiger partial charge in [-0.3, -0.25) is 4.79 Å². The smallest absolute Gasteiger partial charge is 0.228 e.